The van der Waals surface area contributed by atoms with E-state index >= 15 is 0 Å². The first-order valence-electron chi connectivity index (χ1n) is 6.69. The molecule has 0 aromatic heterocycles. The number of nitrogens with one attached hydrogen (secondary N) is 1. The highest BCUT2D eigenvalue weighted by atomic mass is 32.2. The number of aryl methyl sites for hydroxylation is 1. The van der Waals surface area contributed by atoms with E-state index in [1.165, 1.54) is 0 Å². The minimum Gasteiger partial charge on any atom is -0.396 e. The van der Waals surface area contributed by atoms with E-state index < -0.39 is 10.0 Å². The van der Waals surface area contributed by atoms with Crippen LogP contribution in [0.25, 0.3) is 0 Å². The van der Waals surface area contributed by atoms with Gasteiger partial charge in [0.1, 0.15) is 0 Å². The van der Waals surface area contributed by atoms with Crippen molar-refractivity contribution in [2.75, 3.05) is 6.61 Å². The van der Waals surface area contributed by atoms with Crippen molar-refractivity contribution in [3.8, 4) is 0 Å². The second-order valence-corrected chi connectivity index (χ2v) is 7.17. The molecule has 1 aromatic rings. The van der Waals surface area contributed by atoms with Crippen molar-refractivity contribution in [2.45, 2.75) is 49.5 Å². The zero-order chi connectivity index (χ0) is 13.9. The highest BCUT2D eigenvalue weighted by molar-refractivity contribution is 7.89. The van der Waals surface area contributed by atoms with Crippen molar-refractivity contribution in [1.82, 2.24) is 4.72 Å². The van der Waals surface area contributed by atoms with E-state index in [1.807, 2.05) is 19.1 Å². The van der Waals surface area contributed by atoms with E-state index in [9.17, 15) is 8.42 Å². The zero-order valence-corrected chi connectivity index (χ0v) is 12.0. The summed E-state index contributed by atoms with van der Waals surface area (Å²) in [6, 6.07) is 6.90. The van der Waals surface area contributed by atoms with Crippen LogP contribution < -0.4 is 4.72 Å². The Morgan fingerprint density at radius 3 is 2.37 bits per heavy atom. The molecule has 0 spiro atoms. The molecule has 0 radical (unpaired) electrons. The second kappa shape index (κ2) is 5.61. The molecule has 0 unspecified atom stereocenters. The van der Waals surface area contributed by atoms with Crippen molar-refractivity contribution in [3.63, 3.8) is 0 Å². The molecule has 1 aliphatic rings. The zero-order valence-electron chi connectivity index (χ0n) is 11.2. The number of aliphatic hydroxyl groups is 1. The van der Waals surface area contributed by atoms with Crippen molar-refractivity contribution in [2.24, 2.45) is 0 Å². The van der Waals surface area contributed by atoms with Gasteiger partial charge in [0.2, 0.25) is 10.0 Å². The Kier molecular flexibility index (Phi) is 4.28. The number of benzene rings is 1. The van der Waals surface area contributed by atoms with Crippen LogP contribution in [0.15, 0.2) is 29.2 Å². The quantitative estimate of drug-likeness (QED) is 0.837. The van der Waals surface area contributed by atoms with Crippen LogP contribution in [0.5, 0.6) is 0 Å². The molecule has 5 heteroatoms. The summed E-state index contributed by atoms with van der Waals surface area (Å²) in [5.41, 5.74) is 0.775. The first-order chi connectivity index (χ1) is 8.95. The standard InChI is InChI=1S/C14H21NO3S/c1-14(9-3-10-14)15-19(17,18)13-7-5-12(6-8-13)4-2-11-16/h5-8,15-16H,2-4,9-11H2,1H3. The number of rotatable bonds is 6. The molecular weight excluding hydrogens is 262 g/mol. The summed E-state index contributed by atoms with van der Waals surface area (Å²) in [6.45, 7) is 2.10. The minimum absolute atomic E-state index is 0.153. The number of sulfonamides is 1. The van der Waals surface area contributed by atoms with E-state index in [-0.39, 0.29) is 12.1 Å². The Hall–Kier alpha value is -0.910. The predicted molar refractivity (Wildman–Crippen MR) is 74.4 cm³/mol. The maximum Gasteiger partial charge on any atom is 0.241 e. The van der Waals surface area contributed by atoms with Gasteiger partial charge in [-0.05, 0) is 56.7 Å². The highest BCUT2D eigenvalue weighted by Gasteiger charge is 2.36. The molecule has 4 nitrogen and oxygen atoms in total. The number of hydrogen-bond donors (Lipinski definition) is 2. The van der Waals surface area contributed by atoms with Crippen molar-refractivity contribution in [1.29, 1.82) is 0 Å². The summed E-state index contributed by atoms with van der Waals surface area (Å²) in [7, 11) is -3.42. The third kappa shape index (κ3) is 3.55. The lowest BCUT2D eigenvalue weighted by Crippen LogP contribution is -2.50. The maximum atomic E-state index is 12.2. The Labute approximate surface area is 114 Å². The Morgan fingerprint density at radius 2 is 1.89 bits per heavy atom. The minimum atomic E-state index is -3.42. The monoisotopic (exact) mass is 283 g/mol. The van der Waals surface area contributed by atoms with Crippen LogP contribution in [-0.4, -0.2) is 25.7 Å². The molecular formula is C14H21NO3S. The van der Waals surface area contributed by atoms with Crippen LogP contribution in [0.1, 0.15) is 38.2 Å². The molecule has 2 rings (SSSR count). The van der Waals surface area contributed by atoms with Crippen LogP contribution in [0, 0.1) is 0 Å². The maximum absolute atomic E-state index is 12.2. The summed E-state index contributed by atoms with van der Waals surface area (Å²) in [6.07, 6.45) is 4.35. The summed E-state index contributed by atoms with van der Waals surface area (Å²) < 4.78 is 27.2. The van der Waals surface area contributed by atoms with E-state index in [1.54, 1.807) is 12.1 Å². The lowest BCUT2D eigenvalue weighted by atomic mass is 9.80. The van der Waals surface area contributed by atoms with Gasteiger partial charge in [0.25, 0.3) is 0 Å². The van der Waals surface area contributed by atoms with Gasteiger partial charge in [0, 0.05) is 12.1 Å². The summed E-state index contributed by atoms with van der Waals surface area (Å²) in [5, 5.41) is 8.77. The van der Waals surface area contributed by atoms with Crippen LogP contribution in [0.3, 0.4) is 0 Å². The molecule has 2 N–H and O–H groups in total. The van der Waals surface area contributed by atoms with Gasteiger partial charge in [-0.3, -0.25) is 0 Å². The van der Waals surface area contributed by atoms with Gasteiger partial charge in [-0.2, -0.15) is 0 Å². The predicted octanol–water partition coefficient (Wildman–Crippen LogP) is 1.83. The fourth-order valence-electron chi connectivity index (χ4n) is 2.31. The lowest BCUT2D eigenvalue weighted by molar-refractivity contribution is 0.248. The molecule has 0 aliphatic heterocycles. The highest BCUT2D eigenvalue weighted by Crippen LogP contribution is 2.32. The van der Waals surface area contributed by atoms with Gasteiger partial charge in [-0.25, -0.2) is 13.1 Å². The third-order valence-corrected chi connectivity index (χ3v) is 5.35. The normalized spacial score (nSPS) is 18.0. The van der Waals surface area contributed by atoms with Gasteiger partial charge < -0.3 is 5.11 Å². The molecule has 0 amide bonds. The molecule has 1 aliphatic carbocycles. The fraction of sp³-hybridized carbons (Fsp3) is 0.571. The van der Waals surface area contributed by atoms with Gasteiger partial charge >= 0.3 is 0 Å². The molecule has 1 saturated carbocycles. The summed E-state index contributed by atoms with van der Waals surface area (Å²) in [4.78, 5) is 0.313. The van der Waals surface area contributed by atoms with Crippen LogP contribution >= 0.6 is 0 Å². The van der Waals surface area contributed by atoms with Crippen molar-refractivity contribution >= 4 is 10.0 Å². The average molecular weight is 283 g/mol. The largest absolute Gasteiger partial charge is 0.396 e. The summed E-state index contributed by atoms with van der Waals surface area (Å²) in [5.74, 6) is 0. The number of aliphatic hydroxyl groups excluding tert-OH is 1. The lowest BCUT2D eigenvalue weighted by Gasteiger charge is -2.38. The summed E-state index contributed by atoms with van der Waals surface area (Å²) >= 11 is 0. The topological polar surface area (TPSA) is 66.4 Å². The Balaban J connectivity index is 2.08. The van der Waals surface area contributed by atoms with Gasteiger partial charge in [-0.15, -0.1) is 0 Å². The first-order valence-corrected chi connectivity index (χ1v) is 8.17. The smallest absolute Gasteiger partial charge is 0.241 e. The third-order valence-electron chi connectivity index (χ3n) is 3.70. The SMILES string of the molecule is CC1(NS(=O)(=O)c2ccc(CCCO)cc2)CCC1. The number of hydrogen-bond acceptors (Lipinski definition) is 3. The second-order valence-electron chi connectivity index (χ2n) is 5.49. The molecule has 1 aromatic carbocycles. The van der Waals surface area contributed by atoms with Gasteiger partial charge in [0.15, 0.2) is 0 Å². The molecule has 0 saturated heterocycles. The molecule has 0 heterocycles. The van der Waals surface area contributed by atoms with Crippen molar-refractivity contribution in [3.05, 3.63) is 29.8 Å². The first kappa shape index (κ1) is 14.5. The molecule has 19 heavy (non-hydrogen) atoms. The Morgan fingerprint density at radius 1 is 1.26 bits per heavy atom. The van der Waals surface area contributed by atoms with E-state index in [2.05, 4.69) is 4.72 Å². The van der Waals surface area contributed by atoms with Gasteiger partial charge in [-0.1, -0.05) is 12.1 Å². The van der Waals surface area contributed by atoms with Crippen LogP contribution in [-0.2, 0) is 16.4 Å². The van der Waals surface area contributed by atoms with Gasteiger partial charge in [0.05, 0.1) is 4.90 Å². The molecule has 106 valence electrons. The fourth-order valence-corrected chi connectivity index (χ4v) is 3.78. The van der Waals surface area contributed by atoms with Crippen LogP contribution in [0.4, 0.5) is 0 Å². The molecule has 0 atom stereocenters. The molecule has 1 fully saturated rings. The van der Waals surface area contributed by atoms with E-state index in [4.69, 9.17) is 5.11 Å². The van der Waals surface area contributed by atoms with E-state index in [0.29, 0.717) is 11.3 Å². The van der Waals surface area contributed by atoms with E-state index in [0.717, 1.165) is 31.2 Å². The Bertz CT molecular complexity index is 518. The molecule has 0 bridgehead atoms. The average Bonchev–Trinajstić information content (AvgIpc) is 2.34. The van der Waals surface area contributed by atoms with Crippen LogP contribution in [0.2, 0.25) is 0 Å². The van der Waals surface area contributed by atoms with Crippen molar-refractivity contribution < 1.29 is 13.5 Å².